The Morgan fingerprint density at radius 2 is 1.90 bits per heavy atom. The van der Waals surface area contributed by atoms with Crippen LogP contribution in [0.4, 0.5) is 0 Å². The van der Waals surface area contributed by atoms with Gasteiger partial charge in [0.2, 0.25) is 0 Å². The van der Waals surface area contributed by atoms with Gasteiger partial charge in [-0.1, -0.05) is 0 Å². The van der Waals surface area contributed by atoms with E-state index in [0.717, 1.165) is 17.8 Å². The van der Waals surface area contributed by atoms with Crippen molar-refractivity contribution in [1.29, 1.82) is 0 Å². The molecule has 0 amide bonds. The van der Waals surface area contributed by atoms with Gasteiger partial charge in [0.15, 0.2) is 0 Å². The van der Waals surface area contributed by atoms with E-state index in [4.69, 9.17) is 0 Å². The van der Waals surface area contributed by atoms with Gasteiger partial charge in [-0.15, -0.1) is 0 Å². The quantitative estimate of drug-likeness (QED) is 0.566. The van der Waals surface area contributed by atoms with Crippen LogP contribution in [0.2, 0.25) is 0 Å². The van der Waals surface area contributed by atoms with Gasteiger partial charge in [0.1, 0.15) is 0 Å². The number of hydrogen-bond acceptors (Lipinski definition) is 1. The van der Waals surface area contributed by atoms with Gasteiger partial charge >= 0.3 is 0 Å². The second-order valence-corrected chi connectivity index (χ2v) is 3.37. The molecule has 3 atom stereocenters. The summed E-state index contributed by atoms with van der Waals surface area (Å²) in [7, 11) is 0. The SMILES string of the molecule is c1cc(C2C3C[C@H]32)ccn1. The van der Waals surface area contributed by atoms with Gasteiger partial charge in [0.25, 0.3) is 0 Å². The zero-order chi connectivity index (χ0) is 6.55. The van der Waals surface area contributed by atoms with E-state index in [1.807, 2.05) is 12.4 Å². The van der Waals surface area contributed by atoms with Crippen LogP contribution in [-0.4, -0.2) is 4.98 Å². The summed E-state index contributed by atoms with van der Waals surface area (Å²) in [6.07, 6.45) is 5.28. The van der Waals surface area contributed by atoms with Gasteiger partial charge in [-0.05, 0) is 41.9 Å². The summed E-state index contributed by atoms with van der Waals surface area (Å²) >= 11 is 0. The largest absolute Gasteiger partial charge is 0.265 e. The molecule has 0 aliphatic heterocycles. The Morgan fingerprint density at radius 3 is 2.40 bits per heavy atom. The van der Waals surface area contributed by atoms with Crippen molar-refractivity contribution in [3.05, 3.63) is 30.1 Å². The number of hydrogen-bond donors (Lipinski definition) is 0. The highest BCUT2D eigenvalue weighted by Gasteiger charge is 2.64. The Morgan fingerprint density at radius 1 is 1.20 bits per heavy atom. The summed E-state index contributed by atoms with van der Waals surface area (Å²) in [5, 5.41) is 0. The summed E-state index contributed by atoms with van der Waals surface area (Å²) < 4.78 is 0. The van der Waals surface area contributed by atoms with Crippen LogP contribution in [0.15, 0.2) is 24.5 Å². The molecule has 50 valence electrons. The van der Waals surface area contributed by atoms with Crippen molar-refractivity contribution in [2.45, 2.75) is 12.3 Å². The fourth-order valence-corrected chi connectivity index (χ4v) is 1.86. The molecule has 1 heterocycles. The molecule has 0 bridgehead atoms. The lowest BCUT2D eigenvalue weighted by atomic mass is 10.1. The first kappa shape index (κ1) is 4.89. The van der Waals surface area contributed by atoms with Crippen molar-refractivity contribution in [1.82, 2.24) is 4.98 Å². The van der Waals surface area contributed by atoms with E-state index in [2.05, 4.69) is 17.1 Å². The fourth-order valence-electron chi connectivity index (χ4n) is 1.86. The molecule has 1 aromatic rings. The van der Waals surface area contributed by atoms with E-state index in [1.54, 1.807) is 0 Å². The van der Waals surface area contributed by atoms with E-state index in [1.165, 1.54) is 12.0 Å². The second kappa shape index (κ2) is 1.42. The first-order valence-corrected chi connectivity index (χ1v) is 3.87. The van der Waals surface area contributed by atoms with Crippen molar-refractivity contribution in [3.8, 4) is 0 Å². The lowest BCUT2D eigenvalue weighted by molar-refractivity contribution is 0.777. The van der Waals surface area contributed by atoms with Gasteiger partial charge in [-0.25, -0.2) is 0 Å². The van der Waals surface area contributed by atoms with Crippen LogP contribution in [0, 0.1) is 11.8 Å². The molecule has 1 heteroatoms. The minimum absolute atomic E-state index is 0.933. The van der Waals surface area contributed by atoms with Crippen molar-refractivity contribution < 1.29 is 0 Å². The molecule has 1 aromatic heterocycles. The van der Waals surface area contributed by atoms with Gasteiger partial charge in [0.05, 0.1) is 0 Å². The highest BCUT2D eigenvalue weighted by atomic mass is 14.7. The molecule has 2 fully saturated rings. The molecular formula is C9H9N. The number of rotatable bonds is 1. The smallest absolute Gasteiger partial charge is 0.0270 e. The lowest BCUT2D eigenvalue weighted by Crippen LogP contribution is -1.87. The third kappa shape index (κ3) is 0.505. The Balaban J connectivity index is 1.94. The normalized spacial score (nSPS) is 40.6. The molecule has 3 rings (SSSR count). The zero-order valence-electron chi connectivity index (χ0n) is 5.70. The monoisotopic (exact) mass is 131 g/mol. The van der Waals surface area contributed by atoms with Crippen LogP contribution in [-0.2, 0) is 0 Å². The number of aromatic nitrogens is 1. The summed E-state index contributed by atoms with van der Waals surface area (Å²) in [5.74, 6) is 3.08. The first-order chi connectivity index (χ1) is 4.97. The average molecular weight is 131 g/mol. The van der Waals surface area contributed by atoms with Crippen LogP contribution in [0.5, 0.6) is 0 Å². The van der Waals surface area contributed by atoms with Crippen molar-refractivity contribution in [2.24, 2.45) is 11.8 Å². The third-order valence-electron chi connectivity index (χ3n) is 2.76. The highest BCUT2D eigenvalue weighted by Crippen LogP contribution is 2.73. The minimum atomic E-state index is 0.933. The Kier molecular flexibility index (Phi) is 0.693. The predicted molar refractivity (Wildman–Crippen MR) is 38.6 cm³/mol. The van der Waals surface area contributed by atoms with Crippen LogP contribution < -0.4 is 0 Å². The molecule has 10 heavy (non-hydrogen) atoms. The summed E-state index contributed by atoms with van der Waals surface area (Å²) in [6, 6.07) is 4.30. The molecule has 2 unspecified atom stereocenters. The van der Waals surface area contributed by atoms with E-state index in [9.17, 15) is 0 Å². The van der Waals surface area contributed by atoms with Crippen LogP contribution in [0.25, 0.3) is 0 Å². The molecule has 0 aromatic carbocycles. The Labute approximate surface area is 60.1 Å². The van der Waals surface area contributed by atoms with Crippen molar-refractivity contribution in [2.75, 3.05) is 0 Å². The van der Waals surface area contributed by atoms with Gasteiger partial charge < -0.3 is 0 Å². The van der Waals surface area contributed by atoms with E-state index in [0.29, 0.717) is 0 Å². The van der Waals surface area contributed by atoms with E-state index in [-0.39, 0.29) is 0 Å². The maximum Gasteiger partial charge on any atom is 0.0270 e. The van der Waals surface area contributed by atoms with Gasteiger partial charge in [-0.2, -0.15) is 0 Å². The molecular weight excluding hydrogens is 122 g/mol. The van der Waals surface area contributed by atoms with Crippen LogP contribution in [0.1, 0.15) is 17.9 Å². The summed E-state index contributed by atoms with van der Waals surface area (Å²) in [4.78, 5) is 4.00. The molecule has 2 saturated carbocycles. The maximum atomic E-state index is 4.00. The first-order valence-electron chi connectivity index (χ1n) is 3.87. The van der Waals surface area contributed by atoms with Crippen molar-refractivity contribution in [3.63, 3.8) is 0 Å². The van der Waals surface area contributed by atoms with Crippen molar-refractivity contribution >= 4 is 0 Å². The zero-order valence-corrected chi connectivity index (χ0v) is 5.70. The van der Waals surface area contributed by atoms with Crippen LogP contribution >= 0.6 is 0 Å². The standard InChI is InChI=1S/C9H9N/c1-3-10-4-2-6(1)9-7-5-8(7)9/h1-4,7-9H,5H2/t7-,8?,9?/m1/s1. The summed E-state index contributed by atoms with van der Waals surface area (Å²) in [6.45, 7) is 0. The average Bonchev–Trinajstić information content (AvgIpc) is 2.75. The lowest BCUT2D eigenvalue weighted by Gasteiger charge is -2.00. The number of pyridine rings is 1. The van der Waals surface area contributed by atoms with Crippen LogP contribution in [0.3, 0.4) is 0 Å². The Bertz CT molecular complexity index is 247. The molecule has 0 radical (unpaired) electrons. The minimum Gasteiger partial charge on any atom is -0.265 e. The maximum absolute atomic E-state index is 4.00. The summed E-state index contributed by atoms with van der Waals surface area (Å²) in [5.41, 5.74) is 1.51. The number of nitrogens with zero attached hydrogens (tertiary/aromatic N) is 1. The third-order valence-corrected chi connectivity index (χ3v) is 2.76. The Hall–Kier alpha value is -0.850. The van der Waals surface area contributed by atoms with E-state index >= 15 is 0 Å². The molecule has 0 spiro atoms. The molecule has 2 aliphatic carbocycles. The second-order valence-electron chi connectivity index (χ2n) is 3.37. The van der Waals surface area contributed by atoms with Gasteiger partial charge in [-0.3, -0.25) is 4.98 Å². The fraction of sp³-hybridized carbons (Fsp3) is 0.444. The molecule has 0 saturated heterocycles. The molecule has 1 nitrogen and oxygen atoms in total. The predicted octanol–water partition coefficient (Wildman–Crippen LogP) is 1.81. The van der Waals surface area contributed by atoms with E-state index < -0.39 is 0 Å². The molecule has 2 aliphatic rings. The topological polar surface area (TPSA) is 12.9 Å². The van der Waals surface area contributed by atoms with Gasteiger partial charge in [0, 0.05) is 12.4 Å². The molecule has 0 N–H and O–H groups in total. The number of fused-ring (bicyclic) bond motifs is 1. The highest BCUT2D eigenvalue weighted by molar-refractivity contribution is 5.33.